The Morgan fingerprint density at radius 3 is 2.54 bits per heavy atom. The molecule has 0 unspecified atom stereocenters. The summed E-state index contributed by atoms with van der Waals surface area (Å²) in [7, 11) is 0. The van der Waals surface area contributed by atoms with Gasteiger partial charge in [0.2, 0.25) is 0 Å². The number of anilines is 1. The monoisotopic (exact) mass is 370 g/mol. The molecule has 1 fully saturated rings. The second-order valence-electron chi connectivity index (χ2n) is 5.66. The molecule has 1 N–H and O–H groups in total. The summed E-state index contributed by atoms with van der Waals surface area (Å²) in [4.78, 5) is 36.8. The molecular formula is C19H18N2O4S. The van der Waals surface area contributed by atoms with E-state index in [1.54, 1.807) is 6.07 Å². The predicted octanol–water partition coefficient (Wildman–Crippen LogP) is 3.00. The van der Waals surface area contributed by atoms with Gasteiger partial charge in [-0.15, -0.1) is 0 Å². The Balaban J connectivity index is 1.55. The zero-order chi connectivity index (χ0) is 18.4. The lowest BCUT2D eigenvalue weighted by molar-refractivity contribution is -0.147. The number of ether oxygens (including phenoxy) is 1. The van der Waals surface area contributed by atoms with E-state index in [0.29, 0.717) is 18.0 Å². The Bertz CT molecular complexity index is 810. The highest BCUT2D eigenvalue weighted by atomic mass is 32.2. The summed E-state index contributed by atoms with van der Waals surface area (Å²) in [6.45, 7) is 0.00605. The van der Waals surface area contributed by atoms with Crippen LogP contribution in [0.2, 0.25) is 0 Å². The minimum atomic E-state index is -0.590. The van der Waals surface area contributed by atoms with Crippen molar-refractivity contribution in [3.63, 3.8) is 0 Å². The summed E-state index contributed by atoms with van der Waals surface area (Å²) < 4.78 is 4.98. The highest BCUT2D eigenvalue weighted by Crippen LogP contribution is 2.27. The number of amides is 2. The van der Waals surface area contributed by atoms with Crippen LogP contribution in [0.5, 0.6) is 0 Å². The molecular weight excluding hydrogens is 352 g/mol. The molecule has 0 spiro atoms. The molecule has 0 radical (unpaired) electrons. The summed E-state index contributed by atoms with van der Waals surface area (Å²) in [5, 5.41) is 2.63. The predicted molar refractivity (Wildman–Crippen MR) is 101 cm³/mol. The van der Waals surface area contributed by atoms with Crippen molar-refractivity contribution in [2.24, 2.45) is 0 Å². The second-order valence-corrected chi connectivity index (χ2v) is 6.70. The first-order chi connectivity index (χ1) is 12.6. The number of carbonyl (C=O) groups excluding carboxylic acids is 3. The molecule has 0 saturated carbocycles. The first kappa shape index (κ1) is 18.0. The van der Waals surface area contributed by atoms with Crippen LogP contribution in [0.4, 0.5) is 10.5 Å². The number of nitrogens with one attached hydrogen (secondary N) is 1. The Morgan fingerprint density at radius 2 is 1.81 bits per heavy atom. The van der Waals surface area contributed by atoms with Gasteiger partial charge in [0.25, 0.3) is 11.1 Å². The first-order valence-electron chi connectivity index (χ1n) is 8.15. The second kappa shape index (κ2) is 8.53. The Morgan fingerprint density at radius 1 is 1.08 bits per heavy atom. The van der Waals surface area contributed by atoms with Gasteiger partial charge in [0, 0.05) is 23.5 Å². The number of rotatable bonds is 6. The van der Waals surface area contributed by atoms with Crippen LogP contribution in [-0.2, 0) is 14.3 Å². The maximum absolute atomic E-state index is 12.1. The first-order valence-corrected chi connectivity index (χ1v) is 9.13. The molecule has 0 atom stereocenters. The standard InChI is InChI=1S/C19H18N2O4S/c22-17(13-25-18(23)12-21-10-11-26-19(21)24)20-16-9-5-4-8-15(16)14-6-2-1-3-7-14/h1-9H,10-13H2,(H,20,22). The van der Waals surface area contributed by atoms with E-state index >= 15 is 0 Å². The van der Waals surface area contributed by atoms with Crippen LogP contribution < -0.4 is 5.32 Å². The van der Waals surface area contributed by atoms with Crippen LogP contribution in [0, 0.1) is 0 Å². The molecule has 1 heterocycles. The molecule has 1 aliphatic heterocycles. The molecule has 2 amide bonds. The van der Waals surface area contributed by atoms with Crippen molar-refractivity contribution < 1.29 is 19.1 Å². The lowest BCUT2D eigenvalue weighted by Crippen LogP contribution is -2.32. The highest BCUT2D eigenvalue weighted by Gasteiger charge is 2.24. The van der Waals surface area contributed by atoms with Crippen molar-refractivity contribution in [2.75, 3.05) is 30.8 Å². The lowest BCUT2D eigenvalue weighted by atomic mass is 10.0. The fourth-order valence-electron chi connectivity index (χ4n) is 2.56. The molecule has 7 heteroatoms. The van der Waals surface area contributed by atoms with Gasteiger partial charge >= 0.3 is 5.97 Å². The maximum atomic E-state index is 12.1. The van der Waals surface area contributed by atoms with Gasteiger partial charge in [-0.05, 0) is 11.6 Å². The number of nitrogens with zero attached hydrogens (tertiary/aromatic N) is 1. The third-order valence-corrected chi connectivity index (χ3v) is 4.71. The molecule has 2 aromatic rings. The summed E-state index contributed by atoms with van der Waals surface area (Å²) >= 11 is 1.17. The third-order valence-electron chi connectivity index (χ3n) is 3.82. The number of esters is 1. The van der Waals surface area contributed by atoms with E-state index < -0.39 is 18.5 Å². The quantitative estimate of drug-likeness (QED) is 0.791. The van der Waals surface area contributed by atoms with E-state index in [2.05, 4.69) is 5.32 Å². The van der Waals surface area contributed by atoms with E-state index in [9.17, 15) is 14.4 Å². The molecule has 6 nitrogen and oxygen atoms in total. The average molecular weight is 370 g/mol. The SMILES string of the molecule is O=C(COC(=O)CN1CCSC1=O)Nc1ccccc1-c1ccccc1. The largest absolute Gasteiger partial charge is 0.454 e. The van der Waals surface area contributed by atoms with Gasteiger partial charge in [0.15, 0.2) is 6.61 Å². The van der Waals surface area contributed by atoms with Crippen LogP contribution in [0.15, 0.2) is 54.6 Å². The smallest absolute Gasteiger partial charge is 0.326 e. The fraction of sp³-hybridized carbons (Fsp3) is 0.211. The Labute approximate surface area is 155 Å². The molecule has 134 valence electrons. The van der Waals surface area contributed by atoms with Crippen LogP contribution in [0.25, 0.3) is 11.1 Å². The number of carbonyl (C=O) groups is 3. The van der Waals surface area contributed by atoms with Crippen molar-refractivity contribution in [3.8, 4) is 11.1 Å². The molecule has 3 rings (SSSR count). The summed E-state index contributed by atoms with van der Waals surface area (Å²) in [5.41, 5.74) is 2.50. The van der Waals surface area contributed by atoms with E-state index in [4.69, 9.17) is 4.74 Å². The Kier molecular flexibility index (Phi) is 5.91. The third kappa shape index (κ3) is 4.64. The van der Waals surface area contributed by atoms with Gasteiger partial charge in [-0.1, -0.05) is 60.3 Å². The van der Waals surface area contributed by atoms with Gasteiger partial charge in [-0.3, -0.25) is 14.4 Å². The molecule has 2 aromatic carbocycles. The zero-order valence-corrected chi connectivity index (χ0v) is 14.8. The van der Waals surface area contributed by atoms with Crippen LogP contribution in [0.3, 0.4) is 0 Å². The molecule has 26 heavy (non-hydrogen) atoms. The number of thioether (sulfide) groups is 1. The van der Waals surface area contributed by atoms with Crippen LogP contribution >= 0.6 is 11.8 Å². The number of benzene rings is 2. The van der Waals surface area contributed by atoms with E-state index in [0.717, 1.165) is 11.1 Å². The minimum absolute atomic E-state index is 0.125. The average Bonchev–Trinajstić information content (AvgIpc) is 3.06. The summed E-state index contributed by atoms with van der Waals surface area (Å²) in [6.07, 6.45) is 0. The van der Waals surface area contributed by atoms with Crippen molar-refractivity contribution in [1.82, 2.24) is 4.90 Å². The molecule has 0 bridgehead atoms. The lowest BCUT2D eigenvalue weighted by Gasteiger charge is -2.14. The van der Waals surface area contributed by atoms with E-state index in [1.807, 2.05) is 48.5 Å². The normalized spacial score (nSPS) is 13.5. The summed E-state index contributed by atoms with van der Waals surface area (Å²) in [5.74, 6) is -0.348. The van der Waals surface area contributed by atoms with E-state index in [-0.39, 0.29) is 11.8 Å². The molecule has 1 aliphatic rings. The topological polar surface area (TPSA) is 75.7 Å². The van der Waals surface area contributed by atoms with Crippen LogP contribution in [0.1, 0.15) is 0 Å². The van der Waals surface area contributed by atoms with Crippen LogP contribution in [-0.4, -0.2) is 47.5 Å². The Hall–Kier alpha value is -2.80. The molecule has 1 saturated heterocycles. The highest BCUT2D eigenvalue weighted by molar-refractivity contribution is 8.13. The van der Waals surface area contributed by atoms with Gasteiger partial charge in [0.1, 0.15) is 6.54 Å². The molecule has 0 aromatic heterocycles. The minimum Gasteiger partial charge on any atom is -0.454 e. The fourth-order valence-corrected chi connectivity index (χ4v) is 3.39. The van der Waals surface area contributed by atoms with Crippen molar-refractivity contribution >= 4 is 34.6 Å². The van der Waals surface area contributed by atoms with E-state index in [1.165, 1.54) is 16.7 Å². The van der Waals surface area contributed by atoms with Crippen molar-refractivity contribution in [1.29, 1.82) is 0 Å². The van der Waals surface area contributed by atoms with Gasteiger partial charge in [-0.2, -0.15) is 0 Å². The number of para-hydroxylation sites is 1. The van der Waals surface area contributed by atoms with Crippen molar-refractivity contribution in [2.45, 2.75) is 0 Å². The van der Waals surface area contributed by atoms with Gasteiger partial charge in [0.05, 0.1) is 0 Å². The maximum Gasteiger partial charge on any atom is 0.326 e. The molecule has 0 aliphatic carbocycles. The number of hydrogen-bond acceptors (Lipinski definition) is 5. The summed E-state index contributed by atoms with van der Waals surface area (Å²) in [6, 6.07) is 17.1. The zero-order valence-electron chi connectivity index (χ0n) is 14.0. The van der Waals surface area contributed by atoms with Crippen molar-refractivity contribution in [3.05, 3.63) is 54.6 Å². The van der Waals surface area contributed by atoms with Gasteiger partial charge in [-0.25, -0.2) is 0 Å². The van der Waals surface area contributed by atoms with Gasteiger partial charge < -0.3 is 15.0 Å². The number of hydrogen-bond donors (Lipinski definition) is 1.